The smallest absolute Gasteiger partial charge is 0.251 e. The molecule has 0 N–H and O–H groups in total. The van der Waals surface area contributed by atoms with Gasteiger partial charge in [0.05, 0.1) is 23.0 Å². The van der Waals surface area contributed by atoms with Gasteiger partial charge in [0, 0.05) is 26.2 Å². The molecule has 0 unspecified atom stereocenters. The molecule has 2 saturated heterocycles. The van der Waals surface area contributed by atoms with Gasteiger partial charge in [-0.25, -0.2) is 13.3 Å². The van der Waals surface area contributed by atoms with Gasteiger partial charge in [0.25, 0.3) is 5.91 Å². The number of nitrogens with zero attached hydrogens (tertiary/aromatic N) is 3. The molecule has 2 heterocycles. The molecular formula is C22H25N3O4S. The molecular weight excluding hydrogens is 402 g/mol. The average molecular weight is 428 g/mol. The molecule has 4 rings (SSSR count). The predicted molar refractivity (Wildman–Crippen MR) is 114 cm³/mol. The topological polar surface area (TPSA) is 78.0 Å². The van der Waals surface area contributed by atoms with Gasteiger partial charge in [-0.15, -0.1) is 0 Å². The van der Waals surface area contributed by atoms with E-state index in [4.69, 9.17) is 0 Å². The number of aryl methyl sites for hydroxylation is 2. The van der Waals surface area contributed by atoms with E-state index in [9.17, 15) is 18.0 Å². The number of carbonyl (C=O) groups excluding carboxylic acids is 2. The first-order valence-electron chi connectivity index (χ1n) is 10.0. The number of sulfonamides is 1. The number of para-hydroxylation sites is 1. The van der Waals surface area contributed by atoms with Crippen LogP contribution in [0.2, 0.25) is 0 Å². The maximum atomic E-state index is 13.2. The molecule has 7 nitrogen and oxygen atoms in total. The molecule has 8 heteroatoms. The highest BCUT2D eigenvalue weighted by Crippen LogP contribution is 2.31. The molecule has 1 atom stereocenters. The Kier molecular flexibility index (Phi) is 5.48. The van der Waals surface area contributed by atoms with Crippen molar-refractivity contribution in [3.8, 4) is 0 Å². The number of benzene rings is 2. The van der Waals surface area contributed by atoms with Gasteiger partial charge in [0.2, 0.25) is 15.9 Å². The number of hydrogen-bond acceptors (Lipinski definition) is 5. The summed E-state index contributed by atoms with van der Waals surface area (Å²) < 4.78 is 27.1. The van der Waals surface area contributed by atoms with Gasteiger partial charge in [-0.05, 0) is 37.1 Å². The Labute approximate surface area is 176 Å². The quantitative estimate of drug-likeness (QED) is 0.697. The normalized spacial score (nSPS) is 21.4. The standard InChI is InChI=1S/C22H25N3O4S/c1-16-7-6-8-17(2)21(16)25-20(26)15-19(22(25)27)23-11-13-24(14-12-23)30(28,29)18-9-4-3-5-10-18/h3-10,19H,11-15H2,1-2H3/t19-/m1/s1. The number of amides is 2. The van der Waals surface area contributed by atoms with Crippen molar-refractivity contribution < 1.29 is 18.0 Å². The zero-order chi connectivity index (χ0) is 21.5. The molecule has 2 amide bonds. The summed E-state index contributed by atoms with van der Waals surface area (Å²) in [5.74, 6) is -0.432. The van der Waals surface area contributed by atoms with Gasteiger partial charge in [0.15, 0.2) is 0 Å². The van der Waals surface area contributed by atoms with Crippen molar-refractivity contribution in [3.63, 3.8) is 0 Å². The van der Waals surface area contributed by atoms with E-state index >= 15 is 0 Å². The molecule has 2 aliphatic heterocycles. The Morgan fingerprint density at radius 2 is 1.43 bits per heavy atom. The number of carbonyl (C=O) groups is 2. The zero-order valence-electron chi connectivity index (χ0n) is 17.1. The van der Waals surface area contributed by atoms with Crippen LogP contribution in [0.15, 0.2) is 53.4 Å². The Morgan fingerprint density at radius 1 is 0.833 bits per heavy atom. The first kappa shape index (κ1) is 20.7. The van der Waals surface area contributed by atoms with E-state index in [1.165, 1.54) is 9.21 Å². The molecule has 2 fully saturated rings. The van der Waals surface area contributed by atoms with Crippen LogP contribution in [0.5, 0.6) is 0 Å². The van der Waals surface area contributed by atoms with Gasteiger partial charge in [0.1, 0.15) is 0 Å². The molecule has 0 bridgehead atoms. The molecule has 0 aliphatic carbocycles. The van der Waals surface area contributed by atoms with Crippen molar-refractivity contribution in [1.29, 1.82) is 0 Å². The Balaban J connectivity index is 1.48. The van der Waals surface area contributed by atoms with Crippen molar-refractivity contribution in [2.75, 3.05) is 31.1 Å². The fourth-order valence-electron chi connectivity index (χ4n) is 4.29. The Morgan fingerprint density at radius 3 is 2.03 bits per heavy atom. The second kappa shape index (κ2) is 7.94. The van der Waals surface area contributed by atoms with Crippen molar-refractivity contribution in [3.05, 3.63) is 59.7 Å². The van der Waals surface area contributed by atoms with Crippen molar-refractivity contribution in [1.82, 2.24) is 9.21 Å². The number of anilines is 1. The van der Waals surface area contributed by atoms with Gasteiger partial charge in [-0.1, -0.05) is 36.4 Å². The van der Waals surface area contributed by atoms with E-state index < -0.39 is 16.1 Å². The second-order valence-electron chi connectivity index (χ2n) is 7.78. The molecule has 2 aliphatic rings. The third-order valence-corrected chi connectivity index (χ3v) is 7.79. The average Bonchev–Trinajstić information content (AvgIpc) is 3.03. The molecule has 158 valence electrons. The fraction of sp³-hybridized carbons (Fsp3) is 0.364. The van der Waals surface area contributed by atoms with E-state index in [0.717, 1.165) is 11.1 Å². The predicted octanol–water partition coefficient (Wildman–Crippen LogP) is 1.94. The molecule has 0 radical (unpaired) electrons. The monoisotopic (exact) mass is 427 g/mol. The molecule has 30 heavy (non-hydrogen) atoms. The number of imide groups is 1. The Bertz CT molecular complexity index is 1060. The van der Waals surface area contributed by atoms with Crippen LogP contribution in [0.25, 0.3) is 0 Å². The number of piperazine rings is 1. The molecule has 2 aromatic carbocycles. The molecule has 2 aromatic rings. The third-order valence-electron chi connectivity index (χ3n) is 5.88. The number of rotatable bonds is 4. The molecule has 0 spiro atoms. The van der Waals surface area contributed by atoms with Crippen LogP contribution in [0, 0.1) is 13.8 Å². The minimum Gasteiger partial charge on any atom is -0.289 e. The Hall–Kier alpha value is -2.55. The molecule has 0 saturated carbocycles. The summed E-state index contributed by atoms with van der Waals surface area (Å²) in [6.07, 6.45) is 0.123. The fourth-order valence-corrected chi connectivity index (χ4v) is 5.73. The first-order valence-corrected chi connectivity index (χ1v) is 11.5. The summed E-state index contributed by atoms with van der Waals surface area (Å²) in [5, 5.41) is 0. The minimum absolute atomic E-state index is 0.123. The van der Waals surface area contributed by atoms with E-state index in [1.807, 2.05) is 36.9 Å². The lowest BCUT2D eigenvalue weighted by Gasteiger charge is -2.36. The van der Waals surface area contributed by atoms with E-state index in [2.05, 4.69) is 0 Å². The third kappa shape index (κ3) is 3.55. The van der Waals surface area contributed by atoms with Gasteiger partial charge >= 0.3 is 0 Å². The largest absolute Gasteiger partial charge is 0.289 e. The van der Waals surface area contributed by atoms with Crippen molar-refractivity contribution in [2.24, 2.45) is 0 Å². The zero-order valence-corrected chi connectivity index (χ0v) is 17.9. The van der Waals surface area contributed by atoms with Crippen molar-refractivity contribution >= 4 is 27.5 Å². The highest BCUT2D eigenvalue weighted by Gasteiger charge is 2.44. The maximum Gasteiger partial charge on any atom is 0.251 e. The van der Waals surface area contributed by atoms with Gasteiger partial charge in [-0.3, -0.25) is 14.5 Å². The summed E-state index contributed by atoms with van der Waals surface area (Å²) in [6.45, 7) is 5.19. The summed E-state index contributed by atoms with van der Waals surface area (Å²) >= 11 is 0. The van der Waals surface area contributed by atoms with Crippen LogP contribution >= 0.6 is 0 Å². The molecule has 0 aromatic heterocycles. The minimum atomic E-state index is -3.55. The second-order valence-corrected chi connectivity index (χ2v) is 9.72. The van der Waals surface area contributed by atoms with Crippen LogP contribution in [-0.2, 0) is 19.6 Å². The lowest BCUT2D eigenvalue weighted by atomic mass is 10.1. The van der Waals surface area contributed by atoms with E-state index in [-0.39, 0.29) is 23.1 Å². The summed E-state index contributed by atoms with van der Waals surface area (Å²) in [4.78, 5) is 29.4. The number of hydrogen-bond donors (Lipinski definition) is 0. The van der Waals surface area contributed by atoms with Crippen LogP contribution in [0.4, 0.5) is 5.69 Å². The van der Waals surface area contributed by atoms with E-state index in [0.29, 0.717) is 31.9 Å². The SMILES string of the molecule is Cc1cccc(C)c1N1C(=O)C[C@@H](N2CCN(S(=O)(=O)c3ccccc3)CC2)C1=O. The summed E-state index contributed by atoms with van der Waals surface area (Å²) in [7, 11) is -3.55. The van der Waals surface area contributed by atoms with Crippen LogP contribution in [0.3, 0.4) is 0 Å². The van der Waals surface area contributed by atoms with Crippen LogP contribution in [0.1, 0.15) is 17.5 Å². The lowest BCUT2D eigenvalue weighted by molar-refractivity contribution is -0.123. The van der Waals surface area contributed by atoms with Crippen LogP contribution < -0.4 is 4.90 Å². The summed E-state index contributed by atoms with van der Waals surface area (Å²) in [6, 6.07) is 13.5. The van der Waals surface area contributed by atoms with Crippen LogP contribution in [-0.4, -0.2) is 61.7 Å². The van der Waals surface area contributed by atoms with Crippen molar-refractivity contribution in [2.45, 2.75) is 31.2 Å². The van der Waals surface area contributed by atoms with Gasteiger partial charge < -0.3 is 0 Å². The lowest BCUT2D eigenvalue weighted by Crippen LogP contribution is -2.53. The highest BCUT2D eigenvalue weighted by atomic mass is 32.2. The first-order chi connectivity index (χ1) is 14.3. The maximum absolute atomic E-state index is 13.2. The highest BCUT2D eigenvalue weighted by molar-refractivity contribution is 7.89. The summed E-state index contributed by atoms with van der Waals surface area (Å²) in [5.41, 5.74) is 2.44. The van der Waals surface area contributed by atoms with E-state index in [1.54, 1.807) is 30.3 Å². The van der Waals surface area contributed by atoms with Gasteiger partial charge in [-0.2, -0.15) is 4.31 Å².